The number of hydrogen-bond acceptors (Lipinski definition) is 5. The molecule has 0 saturated heterocycles. The third-order valence-electron chi connectivity index (χ3n) is 3.82. The molecule has 28 heavy (non-hydrogen) atoms. The summed E-state index contributed by atoms with van der Waals surface area (Å²) in [5.41, 5.74) is 0.732. The minimum Gasteiger partial charge on any atom is -0.455 e. The quantitative estimate of drug-likeness (QED) is 0.611. The average Bonchev–Trinajstić information content (AvgIpc) is 2.71. The van der Waals surface area contributed by atoms with E-state index in [0.717, 1.165) is 16.3 Å². The molecular formula is C20H24N2O5S. The molecule has 0 spiro atoms. The fraction of sp³-hybridized carbons (Fsp3) is 0.300. The first kappa shape index (κ1) is 21.6. The number of hydrogen-bond donors (Lipinski definition) is 1. The Hall–Kier alpha value is -2.71. The number of carbonyl (C=O) groups is 2. The maximum absolute atomic E-state index is 13.0. The van der Waals surface area contributed by atoms with Gasteiger partial charge in [-0.3, -0.25) is 9.59 Å². The van der Waals surface area contributed by atoms with Gasteiger partial charge in [0.15, 0.2) is 6.61 Å². The smallest absolute Gasteiger partial charge is 0.321 e. The Bertz CT molecular complexity index is 870. The molecule has 2 rings (SSSR count). The van der Waals surface area contributed by atoms with E-state index < -0.39 is 35.1 Å². The first-order chi connectivity index (χ1) is 13.4. The van der Waals surface area contributed by atoms with Crippen LogP contribution in [0, 0.1) is 0 Å². The van der Waals surface area contributed by atoms with E-state index in [1.54, 1.807) is 42.5 Å². The summed E-state index contributed by atoms with van der Waals surface area (Å²) < 4.78 is 32.0. The van der Waals surface area contributed by atoms with Gasteiger partial charge >= 0.3 is 5.97 Å². The standard InChI is InChI=1S/C20H24N2O5S/c1-2-13-21-19(23)16-27-20(24)15-22(14-17-9-5-3-6-10-17)28(25,26)18-11-7-4-8-12-18/h3-12H,2,13-16H2,1H3,(H,21,23). The summed E-state index contributed by atoms with van der Waals surface area (Å²) in [5.74, 6) is -1.21. The van der Waals surface area contributed by atoms with Gasteiger partial charge in [-0.2, -0.15) is 4.31 Å². The predicted molar refractivity (Wildman–Crippen MR) is 105 cm³/mol. The Balaban J connectivity index is 2.12. The van der Waals surface area contributed by atoms with Crippen molar-refractivity contribution in [2.75, 3.05) is 19.7 Å². The molecule has 7 nitrogen and oxygen atoms in total. The topological polar surface area (TPSA) is 92.8 Å². The fourth-order valence-electron chi connectivity index (χ4n) is 2.41. The monoisotopic (exact) mass is 404 g/mol. The molecule has 0 radical (unpaired) electrons. The fourth-order valence-corrected chi connectivity index (χ4v) is 3.80. The predicted octanol–water partition coefficient (Wildman–Crippen LogP) is 1.95. The van der Waals surface area contributed by atoms with Gasteiger partial charge in [0, 0.05) is 13.1 Å². The summed E-state index contributed by atoms with van der Waals surface area (Å²) in [6, 6.07) is 16.8. The lowest BCUT2D eigenvalue weighted by Crippen LogP contribution is -2.37. The molecule has 150 valence electrons. The summed E-state index contributed by atoms with van der Waals surface area (Å²) in [6.45, 7) is 1.47. The molecule has 0 saturated carbocycles. The van der Waals surface area contributed by atoms with Gasteiger partial charge in [0.1, 0.15) is 6.54 Å². The van der Waals surface area contributed by atoms with Crippen molar-refractivity contribution >= 4 is 21.9 Å². The summed E-state index contributed by atoms with van der Waals surface area (Å²) in [4.78, 5) is 23.9. The second kappa shape index (κ2) is 10.6. The zero-order chi connectivity index (χ0) is 20.4. The van der Waals surface area contributed by atoms with Crippen LogP contribution in [0.1, 0.15) is 18.9 Å². The Morgan fingerprint density at radius 1 is 1.00 bits per heavy atom. The van der Waals surface area contributed by atoms with Crippen molar-refractivity contribution in [2.24, 2.45) is 0 Å². The number of nitrogens with zero attached hydrogens (tertiary/aromatic N) is 1. The van der Waals surface area contributed by atoms with Crippen molar-refractivity contribution in [1.82, 2.24) is 9.62 Å². The highest BCUT2D eigenvalue weighted by Crippen LogP contribution is 2.18. The average molecular weight is 404 g/mol. The van der Waals surface area contributed by atoms with Crippen LogP contribution in [-0.2, 0) is 30.9 Å². The van der Waals surface area contributed by atoms with E-state index >= 15 is 0 Å². The maximum atomic E-state index is 13.0. The molecule has 0 aliphatic rings. The van der Waals surface area contributed by atoms with Crippen molar-refractivity contribution in [3.05, 3.63) is 66.2 Å². The van der Waals surface area contributed by atoms with E-state index in [1.165, 1.54) is 12.1 Å². The van der Waals surface area contributed by atoms with Gasteiger partial charge < -0.3 is 10.1 Å². The molecule has 0 fully saturated rings. The molecule has 8 heteroatoms. The van der Waals surface area contributed by atoms with Crippen molar-refractivity contribution in [1.29, 1.82) is 0 Å². The lowest BCUT2D eigenvalue weighted by Gasteiger charge is -2.21. The Kier molecular flexibility index (Phi) is 8.16. The van der Waals surface area contributed by atoms with E-state index in [4.69, 9.17) is 4.74 Å². The lowest BCUT2D eigenvalue weighted by molar-refractivity contribution is -0.148. The number of amides is 1. The first-order valence-corrected chi connectivity index (χ1v) is 10.4. The molecular weight excluding hydrogens is 380 g/mol. The summed E-state index contributed by atoms with van der Waals surface area (Å²) in [5, 5.41) is 2.59. The number of benzene rings is 2. The molecule has 2 aromatic carbocycles. The van der Waals surface area contributed by atoms with Gasteiger partial charge in [0.25, 0.3) is 5.91 Å². The van der Waals surface area contributed by atoms with E-state index in [-0.39, 0.29) is 11.4 Å². The molecule has 0 aromatic heterocycles. The Morgan fingerprint density at radius 2 is 1.61 bits per heavy atom. The minimum atomic E-state index is -3.92. The molecule has 0 heterocycles. The molecule has 2 aromatic rings. The van der Waals surface area contributed by atoms with E-state index in [1.807, 2.05) is 13.0 Å². The highest BCUT2D eigenvalue weighted by atomic mass is 32.2. The molecule has 0 unspecified atom stereocenters. The van der Waals surface area contributed by atoms with Crippen LogP contribution in [0.3, 0.4) is 0 Å². The number of nitrogens with one attached hydrogen (secondary N) is 1. The van der Waals surface area contributed by atoms with Gasteiger partial charge in [-0.15, -0.1) is 0 Å². The van der Waals surface area contributed by atoms with Crippen LogP contribution in [0.4, 0.5) is 0 Å². The van der Waals surface area contributed by atoms with Gasteiger partial charge in [-0.05, 0) is 24.1 Å². The van der Waals surface area contributed by atoms with Crippen LogP contribution in [0.25, 0.3) is 0 Å². The van der Waals surface area contributed by atoms with Crippen LogP contribution in [0.15, 0.2) is 65.6 Å². The van der Waals surface area contributed by atoms with Gasteiger partial charge in [-0.1, -0.05) is 55.5 Å². The Labute approximate surface area is 165 Å². The van der Waals surface area contributed by atoms with Gasteiger partial charge in [0.05, 0.1) is 4.90 Å². The third kappa shape index (κ3) is 6.47. The second-order valence-electron chi connectivity index (χ2n) is 6.08. The highest BCUT2D eigenvalue weighted by Gasteiger charge is 2.27. The van der Waals surface area contributed by atoms with Crippen molar-refractivity contribution in [3.63, 3.8) is 0 Å². The first-order valence-electron chi connectivity index (χ1n) is 8.95. The molecule has 0 aliphatic heterocycles. The third-order valence-corrected chi connectivity index (χ3v) is 5.63. The molecule has 1 N–H and O–H groups in total. The number of sulfonamides is 1. The summed E-state index contributed by atoms with van der Waals surface area (Å²) in [6.07, 6.45) is 0.764. The summed E-state index contributed by atoms with van der Waals surface area (Å²) >= 11 is 0. The molecule has 0 aliphatic carbocycles. The number of esters is 1. The number of ether oxygens (including phenoxy) is 1. The normalized spacial score (nSPS) is 11.2. The van der Waals surface area contributed by atoms with Crippen molar-refractivity contribution in [3.8, 4) is 0 Å². The zero-order valence-corrected chi connectivity index (χ0v) is 16.5. The van der Waals surface area contributed by atoms with E-state index in [9.17, 15) is 18.0 Å². The van der Waals surface area contributed by atoms with Crippen LogP contribution in [-0.4, -0.2) is 44.3 Å². The zero-order valence-electron chi connectivity index (χ0n) is 15.7. The van der Waals surface area contributed by atoms with Gasteiger partial charge in [-0.25, -0.2) is 8.42 Å². The minimum absolute atomic E-state index is 0.00913. The number of rotatable bonds is 10. The van der Waals surface area contributed by atoms with Crippen molar-refractivity contribution < 1.29 is 22.7 Å². The highest BCUT2D eigenvalue weighted by molar-refractivity contribution is 7.89. The van der Waals surface area contributed by atoms with Crippen LogP contribution in [0.2, 0.25) is 0 Å². The summed E-state index contributed by atoms with van der Waals surface area (Å²) in [7, 11) is -3.92. The molecule has 1 amide bonds. The van der Waals surface area contributed by atoms with E-state index in [2.05, 4.69) is 5.32 Å². The van der Waals surface area contributed by atoms with Crippen molar-refractivity contribution in [2.45, 2.75) is 24.8 Å². The van der Waals surface area contributed by atoms with Gasteiger partial charge in [0.2, 0.25) is 10.0 Å². The Morgan fingerprint density at radius 3 is 2.21 bits per heavy atom. The lowest BCUT2D eigenvalue weighted by atomic mass is 10.2. The van der Waals surface area contributed by atoms with Crippen LogP contribution >= 0.6 is 0 Å². The maximum Gasteiger partial charge on any atom is 0.321 e. The van der Waals surface area contributed by atoms with E-state index in [0.29, 0.717) is 6.54 Å². The largest absolute Gasteiger partial charge is 0.455 e. The second-order valence-corrected chi connectivity index (χ2v) is 8.02. The SMILES string of the molecule is CCCNC(=O)COC(=O)CN(Cc1ccccc1)S(=O)(=O)c1ccccc1. The van der Waals surface area contributed by atoms with Crippen LogP contribution < -0.4 is 5.32 Å². The van der Waals surface area contributed by atoms with Crippen LogP contribution in [0.5, 0.6) is 0 Å². The molecule has 0 bridgehead atoms. The number of carbonyl (C=O) groups excluding carboxylic acids is 2. The molecule has 0 atom stereocenters.